The van der Waals surface area contributed by atoms with E-state index < -0.39 is 5.97 Å². The van der Waals surface area contributed by atoms with Crippen molar-refractivity contribution in [3.63, 3.8) is 0 Å². The molecule has 0 saturated heterocycles. The minimum absolute atomic E-state index is 0.226. The molecule has 2 aromatic rings. The van der Waals surface area contributed by atoms with Gasteiger partial charge in [-0.15, -0.1) is 0 Å². The minimum Gasteiger partial charge on any atom is -0.481 e. The van der Waals surface area contributed by atoms with Gasteiger partial charge in [-0.2, -0.15) is 0 Å². The van der Waals surface area contributed by atoms with Crippen molar-refractivity contribution in [1.29, 1.82) is 0 Å². The number of aliphatic carboxylic acids is 1. The van der Waals surface area contributed by atoms with Crippen LogP contribution in [0.25, 0.3) is 10.9 Å². The van der Waals surface area contributed by atoms with Crippen molar-refractivity contribution in [2.45, 2.75) is 19.4 Å². The van der Waals surface area contributed by atoms with Crippen LogP contribution in [0.1, 0.15) is 18.4 Å². The summed E-state index contributed by atoms with van der Waals surface area (Å²) < 4.78 is 0. The van der Waals surface area contributed by atoms with Crippen LogP contribution in [0.4, 0.5) is 0 Å². The fraction of sp³-hybridized carbons (Fsp3) is 0.308. The average molecular weight is 232 g/mol. The molecule has 1 heterocycles. The number of rotatable bonds is 6. The summed E-state index contributed by atoms with van der Waals surface area (Å²) in [5.41, 5.74) is 2.35. The van der Waals surface area contributed by atoms with Crippen molar-refractivity contribution >= 4 is 16.9 Å². The zero-order valence-electron chi connectivity index (χ0n) is 9.57. The standard InChI is InChI=1S/C13H16N2O2/c16-13(17)2-1-6-14-9-10-3-4-12-11(8-10)5-7-15-12/h3-5,7-8,14-15H,1-2,6,9H2,(H,16,17). The summed E-state index contributed by atoms with van der Waals surface area (Å²) in [5, 5.41) is 12.9. The molecule has 4 heteroatoms. The summed E-state index contributed by atoms with van der Waals surface area (Å²) >= 11 is 0. The molecule has 1 aromatic heterocycles. The second-order valence-corrected chi connectivity index (χ2v) is 4.07. The molecule has 0 spiro atoms. The monoisotopic (exact) mass is 232 g/mol. The molecule has 17 heavy (non-hydrogen) atoms. The lowest BCUT2D eigenvalue weighted by atomic mass is 10.1. The van der Waals surface area contributed by atoms with Gasteiger partial charge in [0.25, 0.3) is 0 Å². The number of carboxylic acids is 1. The van der Waals surface area contributed by atoms with E-state index in [1.54, 1.807) is 0 Å². The number of H-pyrrole nitrogens is 1. The molecule has 3 N–H and O–H groups in total. The van der Waals surface area contributed by atoms with Gasteiger partial charge in [-0.05, 0) is 42.1 Å². The van der Waals surface area contributed by atoms with Crippen LogP contribution < -0.4 is 5.32 Å². The Morgan fingerprint density at radius 3 is 3.06 bits per heavy atom. The number of aromatic nitrogens is 1. The number of aromatic amines is 1. The van der Waals surface area contributed by atoms with Crippen molar-refractivity contribution < 1.29 is 9.90 Å². The van der Waals surface area contributed by atoms with E-state index in [0.29, 0.717) is 6.42 Å². The van der Waals surface area contributed by atoms with E-state index in [9.17, 15) is 4.79 Å². The van der Waals surface area contributed by atoms with Gasteiger partial charge in [0.1, 0.15) is 0 Å². The maximum Gasteiger partial charge on any atom is 0.303 e. The number of hydrogen-bond acceptors (Lipinski definition) is 2. The van der Waals surface area contributed by atoms with Crippen LogP contribution in [-0.4, -0.2) is 22.6 Å². The van der Waals surface area contributed by atoms with E-state index in [1.807, 2.05) is 12.3 Å². The van der Waals surface area contributed by atoms with Gasteiger partial charge in [-0.25, -0.2) is 0 Å². The van der Waals surface area contributed by atoms with Crippen molar-refractivity contribution in [1.82, 2.24) is 10.3 Å². The molecule has 0 fully saturated rings. The highest BCUT2D eigenvalue weighted by Gasteiger charge is 1.98. The second-order valence-electron chi connectivity index (χ2n) is 4.07. The third kappa shape index (κ3) is 3.32. The Kier molecular flexibility index (Phi) is 3.77. The van der Waals surface area contributed by atoms with Crippen LogP contribution in [0.3, 0.4) is 0 Å². The van der Waals surface area contributed by atoms with Gasteiger partial charge >= 0.3 is 5.97 Å². The summed E-state index contributed by atoms with van der Waals surface area (Å²) in [6.45, 7) is 1.51. The molecule has 2 rings (SSSR count). The Hall–Kier alpha value is -1.81. The predicted molar refractivity (Wildman–Crippen MR) is 66.9 cm³/mol. The van der Waals surface area contributed by atoms with Gasteiger partial charge in [0, 0.05) is 24.7 Å². The number of hydrogen-bond donors (Lipinski definition) is 3. The van der Waals surface area contributed by atoms with Gasteiger partial charge in [0.2, 0.25) is 0 Å². The minimum atomic E-state index is -0.736. The van der Waals surface area contributed by atoms with Gasteiger partial charge < -0.3 is 15.4 Å². The molecule has 0 unspecified atom stereocenters. The first-order valence-corrected chi connectivity index (χ1v) is 5.74. The lowest BCUT2D eigenvalue weighted by molar-refractivity contribution is -0.137. The number of fused-ring (bicyclic) bond motifs is 1. The van der Waals surface area contributed by atoms with Gasteiger partial charge in [0.05, 0.1) is 0 Å². The van der Waals surface area contributed by atoms with E-state index >= 15 is 0 Å². The Labute approximate surface area is 99.7 Å². The first-order valence-electron chi connectivity index (χ1n) is 5.74. The summed E-state index contributed by atoms with van der Waals surface area (Å²) in [4.78, 5) is 13.5. The second kappa shape index (κ2) is 5.50. The maximum atomic E-state index is 10.3. The molecule has 0 aliphatic heterocycles. The largest absolute Gasteiger partial charge is 0.481 e. The highest BCUT2D eigenvalue weighted by Crippen LogP contribution is 2.13. The molecule has 0 amide bonds. The molecule has 0 saturated carbocycles. The van der Waals surface area contributed by atoms with Crippen molar-refractivity contribution in [3.8, 4) is 0 Å². The van der Waals surface area contributed by atoms with Crippen LogP contribution in [0.5, 0.6) is 0 Å². The van der Waals surface area contributed by atoms with E-state index in [4.69, 9.17) is 5.11 Å². The molecule has 0 aliphatic carbocycles. The van der Waals surface area contributed by atoms with Crippen molar-refractivity contribution in [3.05, 3.63) is 36.0 Å². The number of carboxylic acid groups (broad SMARTS) is 1. The lowest BCUT2D eigenvalue weighted by Crippen LogP contribution is -2.15. The Morgan fingerprint density at radius 2 is 2.24 bits per heavy atom. The molecule has 4 nitrogen and oxygen atoms in total. The number of carbonyl (C=O) groups is 1. The summed E-state index contributed by atoms with van der Waals surface area (Å²) in [7, 11) is 0. The fourth-order valence-corrected chi connectivity index (χ4v) is 1.81. The normalized spacial score (nSPS) is 10.8. The zero-order valence-corrected chi connectivity index (χ0v) is 9.57. The Bertz CT molecular complexity index is 505. The van der Waals surface area contributed by atoms with Crippen molar-refractivity contribution in [2.75, 3.05) is 6.54 Å². The van der Waals surface area contributed by atoms with E-state index in [-0.39, 0.29) is 6.42 Å². The van der Waals surface area contributed by atoms with E-state index in [1.165, 1.54) is 10.9 Å². The fourth-order valence-electron chi connectivity index (χ4n) is 1.81. The van der Waals surface area contributed by atoms with Gasteiger partial charge in [-0.1, -0.05) is 6.07 Å². The Balaban J connectivity index is 1.80. The molecule has 0 aliphatic rings. The molecule has 0 atom stereocenters. The highest BCUT2D eigenvalue weighted by molar-refractivity contribution is 5.79. The Morgan fingerprint density at radius 1 is 1.35 bits per heavy atom. The lowest BCUT2D eigenvalue weighted by Gasteiger charge is -2.04. The van der Waals surface area contributed by atoms with E-state index in [0.717, 1.165) is 18.6 Å². The number of nitrogens with one attached hydrogen (secondary N) is 2. The maximum absolute atomic E-state index is 10.3. The van der Waals surface area contributed by atoms with E-state index in [2.05, 4.69) is 28.5 Å². The molecular formula is C13H16N2O2. The van der Waals surface area contributed by atoms with Crippen LogP contribution in [-0.2, 0) is 11.3 Å². The summed E-state index contributed by atoms with van der Waals surface area (Å²) in [6.07, 6.45) is 2.82. The van der Waals surface area contributed by atoms with Gasteiger partial charge in [-0.3, -0.25) is 4.79 Å². The molecular weight excluding hydrogens is 216 g/mol. The smallest absolute Gasteiger partial charge is 0.303 e. The van der Waals surface area contributed by atoms with Gasteiger partial charge in [0.15, 0.2) is 0 Å². The first-order chi connectivity index (χ1) is 8.25. The topological polar surface area (TPSA) is 65.1 Å². The van der Waals surface area contributed by atoms with Crippen LogP contribution >= 0.6 is 0 Å². The zero-order chi connectivity index (χ0) is 12.1. The predicted octanol–water partition coefficient (Wildman–Crippen LogP) is 2.12. The average Bonchev–Trinajstić information content (AvgIpc) is 2.75. The quantitative estimate of drug-likeness (QED) is 0.668. The van der Waals surface area contributed by atoms with Crippen LogP contribution in [0.15, 0.2) is 30.5 Å². The summed E-state index contributed by atoms with van der Waals surface area (Å²) in [6, 6.07) is 8.31. The third-order valence-electron chi connectivity index (χ3n) is 2.69. The molecule has 90 valence electrons. The number of benzene rings is 1. The third-order valence-corrected chi connectivity index (χ3v) is 2.69. The molecule has 1 aromatic carbocycles. The molecule has 0 bridgehead atoms. The summed E-state index contributed by atoms with van der Waals surface area (Å²) in [5.74, 6) is -0.736. The highest BCUT2D eigenvalue weighted by atomic mass is 16.4. The SMILES string of the molecule is O=C(O)CCCNCc1ccc2[nH]ccc2c1. The van der Waals surface area contributed by atoms with Crippen molar-refractivity contribution in [2.24, 2.45) is 0 Å². The van der Waals surface area contributed by atoms with Crippen LogP contribution in [0, 0.1) is 0 Å². The van der Waals surface area contributed by atoms with Crippen LogP contribution in [0.2, 0.25) is 0 Å². The first kappa shape index (κ1) is 11.7. The molecule has 0 radical (unpaired) electrons.